The first-order chi connectivity index (χ1) is 12.4. The predicted molar refractivity (Wildman–Crippen MR) is 93.8 cm³/mol. The lowest BCUT2D eigenvalue weighted by Gasteiger charge is -2.19. The largest absolute Gasteiger partial charge is 0.511 e. The first-order valence-electron chi connectivity index (χ1n) is 8.40. The third-order valence-corrected chi connectivity index (χ3v) is 5.09. The van der Waals surface area contributed by atoms with Crippen LogP contribution in [-0.4, -0.2) is 37.5 Å². The van der Waals surface area contributed by atoms with Crippen LogP contribution in [0.4, 0.5) is 13.2 Å². The second-order valence-electron chi connectivity index (χ2n) is 6.16. The molecular weight excluding hydrogens is 387 g/mol. The fraction of sp³-hybridized carbons (Fsp3) is 0.625. The van der Waals surface area contributed by atoms with Crippen LogP contribution in [0.2, 0.25) is 0 Å². The Labute approximate surface area is 156 Å². The number of hydrogen-bond acceptors (Lipinski definition) is 5. The van der Waals surface area contributed by atoms with Gasteiger partial charge in [-0.25, -0.2) is 13.1 Å². The molecule has 1 rings (SSSR count). The topological polar surface area (TPSA) is 111 Å². The molecule has 1 heterocycles. The van der Waals surface area contributed by atoms with Crippen LogP contribution in [0.3, 0.4) is 0 Å². The highest BCUT2D eigenvalue weighted by Crippen LogP contribution is 2.26. The molecule has 154 valence electrons. The number of rotatable bonds is 10. The second-order valence-corrected chi connectivity index (χ2v) is 7.87. The van der Waals surface area contributed by atoms with Gasteiger partial charge in [0.2, 0.25) is 0 Å². The number of hydrogen-bond donors (Lipinski definition) is 2. The molecule has 0 radical (unpaired) electrons. The molecule has 0 aliphatic carbocycles. The Hall–Kier alpha value is -1.88. The van der Waals surface area contributed by atoms with Gasteiger partial charge in [-0.2, -0.15) is 13.2 Å². The number of sulfonamides is 1. The van der Waals surface area contributed by atoms with Crippen LogP contribution in [0.15, 0.2) is 6.20 Å². The van der Waals surface area contributed by atoms with E-state index in [-0.39, 0.29) is 17.9 Å². The first-order valence-corrected chi connectivity index (χ1v) is 9.88. The van der Waals surface area contributed by atoms with Crippen LogP contribution >= 0.6 is 0 Å². The van der Waals surface area contributed by atoms with Crippen molar-refractivity contribution in [2.75, 3.05) is 6.61 Å². The number of primary amides is 1. The van der Waals surface area contributed by atoms with Gasteiger partial charge in [0, 0.05) is 5.56 Å². The van der Waals surface area contributed by atoms with Crippen molar-refractivity contribution >= 4 is 15.9 Å². The SMILES string of the molecule is CCCCCc1c(OCC(C)NS(=O)(=O)C(F)(F)F)cnc(C)c1C(N)=O. The summed E-state index contributed by atoms with van der Waals surface area (Å²) in [5.74, 6) is -0.480. The van der Waals surface area contributed by atoms with Gasteiger partial charge in [0.1, 0.15) is 12.4 Å². The third-order valence-electron chi connectivity index (χ3n) is 3.76. The summed E-state index contributed by atoms with van der Waals surface area (Å²) in [6, 6.07) is -1.15. The molecule has 1 unspecified atom stereocenters. The average Bonchev–Trinajstić information content (AvgIpc) is 2.52. The minimum absolute atomic E-state index is 0.198. The average molecular weight is 411 g/mol. The zero-order chi connectivity index (χ0) is 20.8. The van der Waals surface area contributed by atoms with Crippen LogP contribution in [0.5, 0.6) is 5.75 Å². The van der Waals surface area contributed by atoms with Crippen LogP contribution in [-0.2, 0) is 16.4 Å². The lowest BCUT2D eigenvalue weighted by atomic mass is 9.99. The molecule has 1 amide bonds. The van der Waals surface area contributed by atoms with Gasteiger partial charge in [-0.15, -0.1) is 0 Å². The van der Waals surface area contributed by atoms with Gasteiger partial charge in [-0.3, -0.25) is 9.78 Å². The van der Waals surface area contributed by atoms with Gasteiger partial charge in [0.15, 0.2) is 0 Å². The summed E-state index contributed by atoms with van der Waals surface area (Å²) in [4.78, 5) is 15.8. The summed E-state index contributed by atoms with van der Waals surface area (Å²) in [6.07, 6.45) is 4.44. The molecule has 0 aliphatic heterocycles. The van der Waals surface area contributed by atoms with Gasteiger partial charge < -0.3 is 10.5 Å². The Bertz CT molecular complexity index is 767. The zero-order valence-corrected chi connectivity index (χ0v) is 16.2. The monoisotopic (exact) mass is 411 g/mol. The number of unbranched alkanes of at least 4 members (excludes halogenated alkanes) is 2. The number of carbonyl (C=O) groups excluding carboxylic acids is 1. The molecule has 1 aromatic rings. The molecule has 3 N–H and O–H groups in total. The van der Waals surface area contributed by atoms with Crippen LogP contribution < -0.4 is 15.2 Å². The molecule has 0 bridgehead atoms. The highest BCUT2D eigenvalue weighted by atomic mass is 32.2. The van der Waals surface area contributed by atoms with E-state index in [1.54, 1.807) is 6.92 Å². The predicted octanol–water partition coefficient (Wildman–Crippen LogP) is 2.43. The maximum atomic E-state index is 12.4. The number of aromatic nitrogens is 1. The van der Waals surface area contributed by atoms with E-state index in [0.717, 1.165) is 19.3 Å². The van der Waals surface area contributed by atoms with Gasteiger partial charge >= 0.3 is 15.5 Å². The fourth-order valence-electron chi connectivity index (χ4n) is 2.47. The van der Waals surface area contributed by atoms with E-state index < -0.39 is 27.5 Å². The molecule has 1 aromatic heterocycles. The summed E-state index contributed by atoms with van der Waals surface area (Å²) in [5.41, 5.74) is 1.18. The molecular formula is C16H24F3N3O4S. The van der Waals surface area contributed by atoms with Gasteiger partial charge in [-0.05, 0) is 26.7 Å². The van der Waals surface area contributed by atoms with Crippen molar-refractivity contribution in [2.45, 2.75) is 58.0 Å². The van der Waals surface area contributed by atoms with Crippen molar-refractivity contribution in [2.24, 2.45) is 5.73 Å². The Morgan fingerprint density at radius 1 is 1.37 bits per heavy atom. The second kappa shape index (κ2) is 9.36. The molecule has 0 saturated heterocycles. The van der Waals surface area contributed by atoms with E-state index in [9.17, 15) is 26.4 Å². The molecule has 0 spiro atoms. The molecule has 0 saturated carbocycles. The summed E-state index contributed by atoms with van der Waals surface area (Å²) >= 11 is 0. The van der Waals surface area contributed by atoms with Crippen LogP contribution in [0.1, 0.15) is 54.7 Å². The Balaban J connectivity index is 2.99. The number of nitrogens with one attached hydrogen (secondary N) is 1. The van der Waals surface area contributed by atoms with Crippen molar-refractivity contribution < 1.29 is 31.1 Å². The molecule has 0 aliphatic rings. The normalized spacial score (nSPS) is 13.4. The van der Waals surface area contributed by atoms with Crippen molar-refractivity contribution in [3.8, 4) is 5.75 Å². The maximum Gasteiger partial charge on any atom is 0.511 e. The van der Waals surface area contributed by atoms with Gasteiger partial charge in [0.05, 0.1) is 23.5 Å². The lowest BCUT2D eigenvalue weighted by molar-refractivity contribution is -0.0451. The molecule has 27 heavy (non-hydrogen) atoms. The zero-order valence-electron chi connectivity index (χ0n) is 15.4. The van der Waals surface area contributed by atoms with Gasteiger partial charge in [0.25, 0.3) is 5.91 Å². The lowest BCUT2D eigenvalue weighted by Crippen LogP contribution is -2.43. The van der Waals surface area contributed by atoms with E-state index in [1.807, 2.05) is 6.92 Å². The van der Waals surface area contributed by atoms with E-state index in [0.29, 0.717) is 17.7 Å². The number of nitrogens with zero attached hydrogens (tertiary/aromatic N) is 1. The first kappa shape index (κ1) is 23.2. The number of pyridine rings is 1. The van der Waals surface area contributed by atoms with Crippen molar-refractivity contribution in [3.63, 3.8) is 0 Å². The van der Waals surface area contributed by atoms with E-state index in [2.05, 4.69) is 4.98 Å². The fourth-order valence-corrected chi connectivity index (χ4v) is 3.20. The van der Waals surface area contributed by atoms with Crippen molar-refractivity contribution in [3.05, 3.63) is 23.0 Å². The molecule has 0 fully saturated rings. The number of carbonyl (C=O) groups is 1. The molecule has 11 heteroatoms. The standard InChI is InChI=1S/C16H24F3N3O4S/c1-4-5-6-7-12-13(8-21-11(3)14(12)15(20)23)26-9-10(2)22-27(24,25)16(17,18)19/h8,10,22H,4-7,9H2,1-3H3,(H2,20,23). The van der Waals surface area contributed by atoms with E-state index >= 15 is 0 Å². The minimum Gasteiger partial charge on any atom is -0.490 e. The Morgan fingerprint density at radius 3 is 2.52 bits per heavy atom. The van der Waals surface area contributed by atoms with Crippen molar-refractivity contribution in [1.29, 1.82) is 0 Å². The molecule has 0 aromatic carbocycles. The quantitative estimate of drug-likeness (QED) is 0.575. The van der Waals surface area contributed by atoms with Crippen LogP contribution in [0, 0.1) is 6.92 Å². The smallest absolute Gasteiger partial charge is 0.490 e. The minimum atomic E-state index is -5.48. The summed E-state index contributed by atoms with van der Waals surface area (Å²) in [5, 5.41) is 0. The summed E-state index contributed by atoms with van der Waals surface area (Å²) < 4.78 is 66.5. The number of halogens is 3. The number of amides is 1. The summed E-state index contributed by atoms with van der Waals surface area (Å²) in [6.45, 7) is 4.49. The van der Waals surface area contributed by atoms with Crippen LogP contribution in [0.25, 0.3) is 0 Å². The summed E-state index contributed by atoms with van der Waals surface area (Å²) in [7, 11) is -5.48. The molecule has 7 nitrogen and oxygen atoms in total. The number of ether oxygens (including phenoxy) is 1. The highest BCUT2D eigenvalue weighted by Gasteiger charge is 2.46. The van der Waals surface area contributed by atoms with E-state index in [4.69, 9.17) is 10.5 Å². The number of alkyl halides is 3. The number of nitrogens with two attached hydrogens (primary N) is 1. The highest BCUT2D eigenvalue weighted by molar-refractivity contribution is 7.90. The number of aryl methyl sites for hydroxylation is 1. The molecule has 1 atom stereocenters. The van der Waals surface area contributed by atoms with Gasteiger partial charge in [-0.1, -0.05) is 19.8 Å². The Morgan fingerprint density at radius 2 is 2.00 bits per heavy atom. The van der Waals surface area contributed by atoms with E-state index in [1.165, 1.54) is 17.8 Å². The maximum absolute atomic E-state index is 12.4. The third kappa shape index (κ3) is 6.35. The Kier molecular flexibility index (Phi) is 8.03. The van der Waals surface area contributed by atoms with Crippen molar-refractivity contribution in [1.82, 2.24) is 9.71 Å².